The van der Waals surface area contributed by atoms with Crippen LogP contribution in [0.15, 0.2) is 84.9 Å². The van der Waals surface area contributed by atoms with E-state index in [4.69, 9.17) is 11.6 Å². The average Bonchev–Trinajstić information content (AvgIpc) is 3.31. The molecule has 0 radical (unpaired) electrons. The maximum atomic E-state index is 13.0. The van der Waals surface area contributed by atoms with Gasteiger partial charge >= 0.3 is 0 Å². The van der Waals surface area contributed by atoms with Crippen molar-refractivity contribution in [1.82, 2.24) is 20.2 Å². The predicted octanol–water partition coefficient (Wildman–Crippen LogP) is 4.72. The Morgan fingerprint density at radius 3 is 2.58 bits per heavy atom. The number of amides is 1. The lowest BCUT2D eigenvalue weighted by atomic mass is 10.0. The van der Waals surface area contributed by atoms with E-state index in [-0.39, 0.29) is 18.5 Å². The fourth-order valence-corrected chi connectivity index (χ4v) is 4.07. The van der Waals surface area contributed by atoms with Crippen molar-refractivity contribution in [1.29, 1.82) is 0 Å². The van der Waals surface area contributed by atoms with Crippen LogP contribution in [0.4, 0.5) is 11.6 Å². The predicted molar refractivity (Wildman–Crippen MR) is 129 cm³/mol. The van der Waals surface area contributed by atoms with Gasteiger partial charge in [-0.25, -0.2) is 0 Å². The lowest BCUT2D eigenvalue weighted by Gasteiger charge is -2.32. The number of nitrogens with one attached hydrogen (secondary N) is 1. The smallest absolute Gasteiger partial charge is 0.251 e. The van der Waals surface area contributed by atoms with E-state index in [0.29, 0.717) is 11.0 Å². The Balaban J connectivity index is 1.53. The first-order chi connectivity index (χ1) is 16.1. The minimum absolute atomic E-state index is 0.0459. The van der Waals surface area contributed by atoms with Crippen molar-refractivity contribution in [3.05, 3.63) is 107 Å². The van der Waals surface area contributed by atoms with Gasteiger partial charge in [-0.3, -0.25) is 9.69 Å². The number of hydrogen-bond acceptors (Lipinski definition) is 5. The quantitative estimate of drug-likeness (QED) is 0.470. The summed E-state index contributed by atoms with van der Waals surface area (Å²) < 4.78 is 1.73. The Bertz CT molecular complexity index is 1320. The second-order valence-electron chi connectivity index (χ2n) is 7.84. The summed E-state index contributed by atoms with van der Waals surface area (Å²) in [6, 6.07) is 25.0. The highest BCUT2D eigenvalue weighted by atomic mass is 35.5. The molecule has 1 aromatic heterocycles. The number of hydrogen-bond donors (Lipinski definition) is 1. The first kappa shape index (κ1) is 20.9. The Labute approximate surface area is 196 Å². The van der Waals surface area contributed by atoms with Gasteiger partial charge in [0.25, 0.3) is 5.95 Å². The summed E-state index contributed by atoms with van der Waals surface area (Å²) in [6.07, 6.45) is 2.07. The molecule has 5 rings (SSSR count). The molecule has 33 heavy (non-hydrogen) atoms. The molecule has 2 heterocycles. The van der Waals surface area contributed by atoms with Crippen molar-refractivity contribution < 1.29 is 4.79 Å². The maximum Gasteiger partial charge on any atom is 0.251 e. The van der Waals surface area contributed by atoms with Gasteiger partial charge in [0, 0.05) is 10.7 Å². The zero-order valence-electron chi connectivity index (χ0n) is 17.9. The summed E-state index contributed by atoms with van der Waals surface area (Å²) in [5.74, 6) is 0.323. The number of halogens is 1. The van der Waals surface area contributed by atoms with Crippen molar-refractivity contribution in [2.75, 3.05) is 16.8 Å². The molecular weight excluding hydrogens is 436 g/mol. The van der Waals surface area contributed by atoms with E-state index in [1.807, 2.05) is 90.7 Å². The van der Waals surface area contributed by atoms with E-state index in [2.05, 4.69) is 26.9 Å². The molecule has 0 fully saturated rings. The number of anilines is 2. The van der Waals surface area contributed by atoms with Crippen LogP contribution in [-0.4, -0.2) is 32.7 Å². The second kappa shape index (κ2) is 8.88. The highest BCUT2D eigenvalue weighted by molar-refractivity contribution is 6.30. The van der Waals surface area contributed by atoms with Crippen LogP contribution in [-0.2, 0) is 4.79 Å². The van der Waals surface area contributed by atoms with Crippen LogP contribution in [0.3, 0.4) is 0 Å². The third-order valence-electron chi connectivity index (χ3n) is 5.47. The highest BCUT2D eigenvalue weighted by Crippen LogP contribution is 2.36. The molecule has 0 bridgehead atoms. The summed E-state index contributed by atoms with van der Waals surface area (Å²) in [7, 11) is 0. The number of tetrazole rings is 1. The standard InChI is InChI=1S/C25H21ClN6O/c1-17-6-5-9-21(14-17)27-24(33)16-31-22(19-10-12-20(26)13-11-19)15-23(18-7-3-2-4-8-18)32-25(31)28-29-30-32/h2-15,23H,16H2,1H3,(H,27,33). The largest absolute Gasteiger partial charge is 0.325 e. The lowest BCUT2D eigenvalue weighted by Crippen LogP contribution is -2.37. The van der Waals surface area contributed by atoms with E-state index in [1.165, 1.54) is 0 Å². The van der Waals surface area contributed by atoms with Gasteiger partial charge in [0.2, 0.25) is 5.91 Å². The van der Waals surface area contributed by atoms with Crippen LogP contribution in [0.5, 0.6) is 0 Å². The Hall–Kier alpha value is -3.97. The van der Waals surface area contributed by atoms with Gasteiger partial charge in [-0.05, 0) is 64.4 Å². The zero-order valence-corrected chi connectivity index (χ0v) is 18.6. The first-order valence-electron chi connectivity index (χ1n) is 10.5. The van der Waals surface area contributed by atoms with E-state index in [9.17, 15) is 4.79 Å². The third-order valence-corrected chi connectivity index (χ3v) is 5.72. The normalized spacial score (nSPS) is 15.0. The number of fused-ring (bicyclic) bond motifs is 1. The van der Waals surface area contributed by atoms with Crippen LogP contribution < -0.4 is 10.2 Å². The SMILES string of the molecule is Cc1cccc(NC(=O)CN2C(c3ccc(Cl)cc3)=CC(c3ccccc3)n3nnnc32)c1. The molecule has 164 valence electrons. The summed E-state index contributed by atoms with van der Waals surface area (Å²) >= 11 is 6.13. The molecule has 0 saturated heterocycles. The Morgan fingerprint density at radius 2 is 1.82 bits per heavy atom. The highest BCUT2D eigenvalue weighted by Gasteiger charge is 2.31. The first-order valence-corrected chi connectivity index (χ1v) is 10.9. The number of allylic oxidation sites excluding steroid dienone is 1. The number of carbonyl (C=O) groups excluding carboxylic acids is 1. The minimum atomic E-state index is -0.210. The average molecular weight is 457 g/mol. The molecule has 7 nitrogen and oxygen atoms in total. The third kappa shape index (κ3) is 4.36. The molecule has 1 aliphatic heterocycles. The molecule has 1 N–H and O–H groups in total. The number of carbonyl (C=O) groups is 1. The molecule has 1 aliphatic rings. The van der Waals surface area contributed by atoms with Gasteiger partial charge in [0.05, 0.1) is 5.70 Å². The maximum absolute atomic E-state index is 13.0. The Kier molecular flexibility index (Phi) is 5.62. The molecule has 3 aromatic carbocycles. The molecule has 1 amide bonds. The van der Waals surface area contributed by atoms with E-state index < -0.39 is 0 Å². The fourth-order valence-electron chi connectivity index (χ4n) is 3.95. The molecule has 4 aromatic rings. The van der Waals surface area contributed by atoms with E-state index in [0.717, 1.165) is 28.1 Å². The molecule has 8 heteroatoms. The van der Waals surface area contributed by atoms with Crippen molar-refractivity contribution in [2.24, 2.45) is 0 Å². The Morgan fingerprint density at radius 1 is 1.03 bits per heavy atom. The molecule has 1 unspecified atom stereocenters. The molecule has 0 saturated carbocycles. The second-order valence-corrected chi connectivity index (χ2v) is 8.28. The topological polar surface area (TPSA) is 75.9 Å². The van der Waals surface area contributed by atoms with Crippen molar-refractivity contribution in [2.45, 2.75) is 13.0 Å². The van der Waals surface area contributed by atoms with Crippen LogP contribution in [0, 0.1) is 6.92 Å². The summed E-state index contributed by atoms with van der Waals surface area (Å²) in [6.45, 7) is 2.03. The van der Waals surface area contributed by atoms with Crippen molar-refractivity contribution in [3.8, 4) is 0 Å². The number of benzene rings is 3. The fraction of sp³-hybridized carbons (Fsp3) is 0.120. The summed E-state index contributed by atoms with van der Waals surface area (Å²) in [5.41, 5.74) is 4.61. The van der Waals surface area contributed by atoms with Crippen LogP contribution >= 0.6 is 11.6 Å². The van der Waals surface area contributed by atoms with Crippen molar-refractivity contribution >= 4 is 34.8 Å². The van der Waals surface area contributed by atoms with E-state index >= 15 is 0 Å². The van der Waals surface area contributed by atoms with Crippen molar-refractivity contribution in [3.63, 3.8) is 0 Å². The van der Waals surface area contributed by atoms with Gasteiger partial charge in [-0.15, -0.1) is 0 Å². The minimum Gasteiger partial charge on any atom is -0.325 e. The zero-order chi connectivity index (χ0) is 22.8. The van der Waals surface area contributed by atoms with Crippen LogP contribution in [0.2, 0.25) is 5.02 Å². The molecule has 0 spiro atoms. The van der Waals surface area contributed by atoms with Gasteiger partial charge in [-0.1, -0.05) is 71.3 Å². The number of aromatic nitrogens is 4. The van der Waals surface area contributed by atoms with Crippen LogP contribution in [0.1, 0.15) is 22.7 Å². The number of nitrogens with zero attached hydrogens (tertiary/aromatic N) is 5. The summed E-state index contributed by atoms with van der Waals surface area (Å²) in [4.78, 5) is 14.9. The van der Waals surface area contributed by atoms with Gasteiger partial charge in [-0.2, -0.15) is 4.68 Å². The number of aryl methyl sites for hydroxylation is 1. The monoisotopic (exact) mass is 456 g/mol. The van der Waals surface area contributed by atoms with E-state index in [1.54, 1.807) is 4.68 Å². The lowest BCUT2D eigenvalue weighted by molar-refractivity contribution is -0.114. The van der Waals surface area contributed by atoms with Gasteiger partial charge in [0.1, 0.15) is 12.6 Å². The van der Waals surface area contributed by atoms with Gasteiger partial charge < -0.3 is 5.32 Å². The molecule has 0 aliphatic carbocycles. The van der Waals surface area contributed by atoms with Crippen LogP contribution in [0.25, 0.3) is 5.70 Å². The number of rotatable bonds is 5. The molecular formula is C25H21ClN6O. The summed E-state index contributed by atoms with van der Waals surface area (Å²) in [5, 5.41) is 16.0. The van der Waals surface area contributed by atoms with Gasteiger partial charge in [0.15, 0.2) is 0 Å². The molecule has 1 atom stereocenters.